The van der Waals surface area contributed by atoms with Gasteiger partial charge in [-0.3, -0.25) is 4.79 Å². The molecule has 0 aliphatic carbocycles. The van der Waals surface area contributed by atoms with E-state index in [1.54, 1.807) is 6.07 Å². The Hall–Kier alpha value is -2.67. The normalized spacial score (nSPS) is 15.0. The molecule has 0 bridgehead atoms. The predicted octanol–water partition coefficient (Wildman–Crippen LogP) is 1.04. The van der Waals surface area contributed by atoms with Gasteiger partial charge in [0.1, 0.15) is 30.2 Å². The van der Waals surface area contributed by atoms with Crippen LogP contribution in [0.2, 0.25) is 0 Å². The highest BCUT2D eigenvalue weighted by Crippen LogP contribution is 2.13. The van der Waals surface area contributed by atoms with Crippen molar-refractivity contribution in [3.8, 4) is 5.75 Å². The van der Waals surface area contributed by atoms with E-state index >= 15 is 0 Å². The average molecular weight is 341 g/mol. The van der Waals surface area contributed by atoms with E-state index in [-0.39, 0.29) is 5.91 Å². The molecule has 0 atom stereocenters. The molecule has 1 aromatic carbocycles. The number of nitrogens with zero attached hydrogens (tertiary/aromatic N) is 4. The van der Waals surface area contributed by atoms with Crippen molar-refractivity contribution in [1.82, 2.24) is 20.2 Å². The number of amides is 1. The van der Waals surface area contributed by atoms with Crippen LogP contribution in [0.25, 0.3) is 0 Å². The van der Waals surface area contributed by atoms with Crippen molar-refractivity contribution < 1.29 is 9.53 Å². The van der Waals surface area contributed by atoms with Crippen molar-refractivity contribution in [2.75, 3.05) is 51.3 Å². The Kier molecular flexibility index (Phi) is 5.79. The first-order valence-electron chi connectivity index (χ1n) is 8.44. The van der Waals surface area contributed by atoms with Crippen LogP contribution < -0.4 is 15.0 Å². The van der Waals surface area contributed by atoms with Crippen LogP contribution in [0.5, 0.6) is 5.75 Å². The van der Waals surface area contributed by atoms with Gasteiger partial charge in [-0.25, -0.2) is 9.97 Å². The van der Waals surface area contributed by atoms with Crippen LogP contribution in [0.3, 0.4) is 0 Å². The molecule has 0 radical (unpaired) electrons. The summed E-state index contributed by atoms with van der Waals surface area (Å²) in [7, 11) is 2.10. The molecule has 1 saturated heterocycles. The van der Waals surface area contributed by atoms with E-state index in [2.05, 4.69) is 32.1 Å². The van der Waals surface area contributed by atoms with Crippen LogP contribution in [0.1, 0.15) is 10.5 Å². The van der Waals surface area contributed by atoms with E-state index < -0.39 is 0 Å². The van der Waals surface area contributed by atoms with Crippen LogP contribution in [0.4, 0.5) is 5.82 Å². The molecule has 2 aromatic rings. The predicted molar refractivity (Wildman–Crippen MR) is 96.0 cm³/mol. The Balaban J connectivity index is 1.49. The van der Waals surface area contributed by atoms with Crippen LogP contribution in [0.15, 0.2) is 42.7 Å². The molecule has 7 nitrogen and oxygen atoms in total. The number of carbonyl (C=O) groups is 1. The van der Waals surface area contributed by atoms with Crippen LogP contribution in [-0.4, -0.2) is 67.2 Å². The largest absolute Gasteiger partial charge is 0.492 e. The lowest BCUT2D eigenvalue weighted by Crippen LogP contribution is -2.45. The second-order valence-corrected chi connectivity index (χ2v) is 5.97. The second kappa shape index (κ2) is 8.43. The zero-order valence-electron chi connectivity index (χ0n) is 14.4. The third-order valence-electron chi connectivity index (χ3n) is 4.11. The lowest BCUT2D eigenvalue weighted by molar-refractivity contribution is 0.0942. The molecule has 25 heavy (non-hydrogen) atoms. The molecule has 1 fully saturated rings. The lowest BCUT2D eigenvalue weighted by atomic mass is 10.3. The number of hydrogen-bond acceptors (Lipinski definition) is 6. The molecule has 0 spiro atoms. The molecule has 1 aromatic heterocycles. The standard InChI is InChI=1S/C18H23N5O2/c1-22-8-10-23(11-9-22)17-13-16(20-14-21-17)18(24)19-7-12-25-15-5-3-2-4-6-15/h2-6,13-14H,7-12H2,1H3,(H,19,24). The highest BCUT2D eigenvalue weighted by Gasteiger charge is 2.17. The van der Waals surface area contributed by atoms with Gasteiger partial charge in [0.2, 0.25) is 0 Å². The molecule has 0 unspecified atom stereocenters. The first-order valence-corrected chi connectivity index (χ1v) is 8.44. The molecule has 1 aliphatic heterocycles. The maximum absolute atomic E-state index is 12.3. The number of rotatable bonds is 6. The lowest BCUT2D eigenvalue weighted by Gasteiger charge is -2.33. The molecular weight excluding hydrogens is 318 g/mol. The summed E-state index contributed by atoms with van der Waals surface area (Å²) in [4.78, 5) is 25.1. The van der Waals surface area contributed by atoms with Gasteiger partial charge in [-0.1, -0.05) is 18.2 Å². The first-order chi connectivity index (χ1) is 12.2. The minimum atomic E-state index is -0.213. The highest BCUT2D eigenvalue weighted by molar-refractivity contribution is 5.92. The van der Waals surface area contributed by atoms with Crippen molar-refractivity contribution in [2.45, 2.75) is 0 Å². The third-order valence-corrected chi connectivity index (χ3v) is 4.11. The van der Waals surface area contributed by atoms with Crippen LogP contribution in [0, 0.1) is 0 Å². The van der Waals surface area contributed by atoms with E-state index in [1.807, 2.05) is 30.3 Å². The number of aromatic nitrogens is 2. The second-order valence-electron chi connectivity index (χ2n) is 5.97. The summed E-state index contributed by atoms with van der Waals surface area (Å²) in [6.07, 6.45) is 1.45. The maximum Gasteiger partial charge on any atom is 0.270 e. The zero-order chi connectivity index (χ0) is 17.5. The number of para-hydroxylation sites is 1. The number of likely N-dealkylation sites (N-methyl/N-ethyl adjacent to an activating group) is 1. The number of nitrogens with one attached hydrogen (secondary N) is 1. The highest BCUT2D eigenvalue weighted by atomic mass is 16.5. The molecule has 1 amide bonds. The van der Waals surface area contributed by atoms with Gasteiger partial charge in [0.05, 0.1) is 6.54 Å². The fraction of sp³-hybridized carbons (Fsp3) is 0.389. The molecule has 132 valence electrons. The van der Waals surface area contributed by atoms with Crippen molar-refractivity contribution in [2.24, 2.45) is 0 Å². The molecule has 0 saturated carbocycles. The van der Waals surface area contributed by atoms with E-state index in [9.17, 15) is 4.79 Å². The smallest absolute Gasteiger partial charge is 0.270 e. The molecule has 7 heteroatoms. The van der Waals surface area contributed by atoms with E-state index in [1.165, 1.54) is 6.33 Å². The summed E-state index contributed by atoms with van der Waals surface area (Å²) in [6, 6.07) is 11.3. The van der Waals surface area contributed by atoms with Gasteiger partial charge in [-0.05, 0) is 19.2 Å². The topological polar surface area (TPSA) is 70.6 Å². The first kappa shape index (κ1) is 17.2. The Bertz CT molecular complexity index is 687. The van der Waals surface area contributed by atoms with Gasteiger partial charge in [-0.2, -0.15) is 0 Å². The average Bonchev–Trinajstić information content (AvgIpc) is 2.66. The Labute approximate surface area is 147 Å². The summed E-state index contributed by atoms with van der Waals surface area (Å²) >= 11 is 0. The minimum Gasteiger partial charge on any atom is -0.492 e. The molecule has 1 N–H and O–H groups in total. The van der Waals surface area contributed by atoms with Gasteiger partial charge >= 0.3 is 0 Å². The Morgan fingerprint density at radius 3 is 2.68 bits per heavy atom. The number of hydrogen-bond donors (Lipinski definition) is 1. The number of anilines is 1. The monoisotopic (exact) mass is 341 g/mol. The van der Waals surface area contributed by atoms with Crippen molar-refractivity contribution >= 4 is 11.7 Å². The summed E-state index contributed by atoms with van der Waals surface area (Å²) < 4.78 is 5.56. The maximum atomic E-state index is 12.3. The third kappa shape index (κ3) is 4.90. The summed E-state index contributed by atoms with van der Waals surface area (Å²) in [6.45, 7) is 4.61. The van der Waals surface area contributed by atoms with Gasteiger partial charge in [0, 0.05) is 32.2 Å². The summed E-state index contributed by atoms with van der Waals surface area (Å²) in [5, 5.41) is 2.83. The molecule has 3 rings (SSSR count). The summed E-state index contributed by atoms with van der Waals surface area (Å²) in [5.74, 6) is 1.37. The number of benzene rings is 1. The zero-order valence-corrected chi connectivity index (χ0v) is 14.4. The van der Waals surface area contributed by atoms with Gasteiger partial charge in [0.15, 0.2) is 0 Å². The van der Waals surface area contributed by atoms with Crippen molar-refractivity contribution in [3.63, 3.8) is 0 Å². The molecule has 1 aliphatic rings. The Morgan fingerprint density at radius 2 is 1.92 bits per heavy atom. The van der Waals surface area contributed by atoms with E-state index in [4.69, 9.17) is 4.74 Å². The van der Waals surface area contributed by atoms with E-state index in [0.29, 0.717) is 18.8 Å². The quantitative estimate of drug-likeness (QED) is 0.792. The van der Waals surface area contributed by atoms with Crippen molar-refractivity contribution in [1.29, 1.82) is 0 Å². The van der Waals surface area contributed by atoms with Crippen LogP contribution in [-0.2, 0) is 0 Å². The van der Waals surface area contributed by atoms with E-state index in [0.717, 1.165) is 37.7 Å². The number of piperazine rings is 1. The molecular formula is C18H23N5O2. The minimum absolute atomic E-state index is 0.213. The Morgan fingerprint density at radius 1 is 1.16 bits per heavy atom. The van der Waals surface area contributed by atoms with Crippen LogP contribution >= 0.6 is 0 Å². The molecule has 2 heterocycles. The summed E-state index contributed by atoms with van der Waals surface area (Å²) in [5.41, 5.74) is 0.378. The number of ether oxygens (including phenoxy) is 1. The fourth-order valence-electron chi connectivity index (χ4n) is 2.62. The van der Waals surface area contributed by atoms with Gasteiger partial charge in [-0.15, -0.1) is 0 Å². The van der Waals surface area contributed by atoms with Gasteiger partial charge < -0.3 is 19.9 Å². The van der Waals surface area contributed by atoms with Gasteiger partial charge in [0.25, 0.3) is 5.91 Å². The van der Waals surface area contributed by atoms with Crippen molar-refractivity contribution in [3.05, 3.63) is 48.4 Å². The number of carbonyl (C=O) groups excluding carboxylic acids is 1. The SMILES string of the molecule is CN1CCN(c2cc(C(=O)NCCOc3ccccc3)ncn2)CC1. The fourth-order valence-corrected chi connectivity index (χ4v) is 2.62.